The Labute approximate surface area is 54.9 Å². The van der Waals surface area contributed by atoms with Crippen molar-refractivity contribution in [1.82, 2.24) is 0 Å². The van der Waals surface area contributed by atoms with Crippen molar-refractivity contribution in [1.29, 1.82) is 0 Å². The minimum Gasteiger partial charge on any atom is -0.286 e. The van der Waals surface area contributed by atoms with Crippen LogP contribution in [0.25, 0.3) is 0 Å². The molecule has 0 aromatic heterocycles. The second-order valence-electron chi connectivity index (χ2n) is 1.21. The lowest BCUT2D eigenvalue weighted by atomic mass is 10.8. The normalized spacial score (nSPS) is 11.8. The molecule has 0 aliphatic heterocycles. The quantitative estimate of drug-likeness (QED) is 0.420. The van der Waals surface area contributed by atoms with E-state index >= 15 is 0 Å². The molecule has 0 amide bonds. The van der Waals surface area contributed by atoms with E-state index in [0.29, 0.717) is 0 Å². The Morgan fingerprint density at radius 2 is 2.38 bits per heavy atom. The van der Waals surface area contributed by atoms with Crippen LogP contribution in [0.5, 0.6) is 0 Å². The first-order valence-corrected chi connectivity index (χ1v) is 3.61. The van der Waals surface area contributed by atoms with Gasteiger partial charge in [-0.25, -0.2) is 0 Å². The summed E-state index contributed by atoms with van der Waals surface area (Å²) in [5.41, 5.74) is 1.85. The van der Waals surface area contributed by atoms with E-state index < -0.39 is 0 Å². The highest BCUT2D eigenvalue weighted by molar-refractivity contribution is 8.14. The molecule has 0 aliphatic rings. The first kappa shape index (κ1) is 7.76. The summed E-state index contributed by atoms with van der Waals surface area (Å²) in [7, 11) is 0. The van der Waals surface area contributed by atoms with Gasteiger partial charge in [-0.15, -0.1) is 0 Å². The van der Waals surface area contributed by atoms with E-state index in [1.807, 2.05) is 30.9 Å². The Bertz CT molecular complexity index is 86.5. The van der Waals surface area contributed by atoms with Gasteiger partial charge in [-0.2, -0.15) is 0 Å². The predicted octanol–water partition coefficient (Wildman–Crippen LogP) is 2.30. The smallest absolute Gasteiger partial charge is 0.0582 e. The maximum absolute atomic E-state index is 4.00. The van der Waals surface area contributed by atoms with Gasteiger partial charge in [-0.05, 0) is 19.3 Å². The molecule has 0 aromatic carbocycles. The molecule has 0 saturated carbocycles. The zero-order valence-corrected chi connectivity index (χ0v) is 6.11. The van der Waals surface area contributed by atoms with Crippen LogP contribution in [-0.4, -0.2) is 12.1 Å². The van der Waals surface area contributed by atoms with Gasteiger partial charge >= 0.3 is 0 Å². The van der Waals surface area contributed by atoms with Crippen LogP contribution in [0.3, 0.4) is 0 Å². The number of allylic oxidation sites excluding steroid dienone is 1. The standard InChI is InChI=1S/C6H11NS/c1-3-5-8-6-7-4-2/h3,5-6H,4H2,1-2H3/b5-3+,7-6-. The van der Waals surface area contributed by atoms with Crippen molar-refractivity contribution in [3.05, 3.63) is 11.5 Å². The van der Waals surface area contributed by atoms with Gasteiger partial charge in [0, 0.05) is 6.54 Å². The summed E-state index contributed by atoms with van der Waals surface area (Å²) >= 11 is 1.61. The molecule has 46 valence electrons. The predicted molar refractivity (Wildman–Crippen MR) is 41.4 cm³/mol. The molecule has 0 N–H and O–H groups in total. The molecule has 0 aromatic rings. The number of hydrogen-bond donors (Lipinski definition) is 0. The zero-order valence-electron chi connectivity index (χ0n) is 5.29. The molecule has 0 unspecified atom stereocenters. The Morgan fingerprint density at radius 3 is 2.88 bits per heavy atom. The van der Waals surface area contributed by atoms with Crippen molar-refractivity contribution in [2.75, 3.05) is 6.54 Å². The molecule has 0 radical (unpaired) electrons. The molecule has 8 heavy (non-hydrogen) atoms. The maximum Gasteiger partial charge on any atom is 0.0582 e. The summed E-state index contributed by atoms with van der Waals surface area (Å²) < 4.78 is 0. The third-order valence-electron chi connectivity index (χ3n) is 0.533. The molecule has 0 fully saturated rings. The monoisotopic (exact) mass is 129 g/mol. The molecule has 0 saturated heterocycles. The highest BCUT2D eigenvalue weighted by Crippen LogP contribution is 1.94. The van der Waals surface area contributed by atoms with Crippen molar-refractivity contribution < 1.29 is 0 Å². The molecular weight excluding hydrogens is 118 g/mol. The van der Waals surface area contributed by atoms with E-state index in [4.69, 9.17) is 0 Å². The van der Waals surface area contributed by atoms with Crippen molar-refractivity contribution in [3.63, 3.8) is 0 Å². The molecular formula is C6H11NS. The number of aliphatic imine (C=N–C) groups is 1. The zero-order chi connectivity index (χ0) is 6.24. The Hall–Kier alpha value is -0.240. The van der Waals surface area contributed by atoms with Crippen LogP contribution in [-0.2, 0) is 0 Å². The summed E-state index contributed by atoms with van der Waals surface area (Å²) in [4.78, 5) is 4.00. The Morgan fingerprint density at radius 1 is 1.62 bits per heavy atom. The van der Waals surface area contributed by atoms with Crippen molar-refractivity contribution in [3.8, 4) is 0 Å². The fourth-order valence-corrected chi connectivity index (χ4v) is 0.694. The SMILES string of the molecule is C/C=C/S/C=N\CC. The highest BCUT2D eigenvalue weighted by Gasteiger charge is 1.66. The van der Waals surface area contributed by atoms with Gasteiger partial charge in [0.1, 0.15) is 0 Å². The third kappa shape index (κ3) is 5.76. The molecule has 0 heterocycles. The fourth-order valence-electron chi connectivity index (χ4n) is 0.231. The number of nitrogens with zero attached hydrogens (tertiary/aromatic N) is 1. The third-order valence-corrected chi connectivity index (χ3v) is 1.23. The van der Waals surface area contributed by atoms with Crippen molar-refractivity contribution >= 4 is 17.3 Å². The van der Waals surface area contributed by atoms with Crippen LogP contribution < -0.4 is 0 Å². The topological polar surface area (TPSA) is 12.4 Å². The molecule has 0 spiro atoms. The molecule has 0 bridgehead atoms. The minimum atomic E-state index is 0.880. The molecule has 1 nitrogen and oxygen atoms in total. The van der Waals surface area contributed by atoms with Gasteiger partial charge in [-0.3, -0.25) is 4.99 Å². The van der Waals surface area contributed by atoms with Crippen LogP contribution in [0.4, 0.5) is 0 Å². The Kier molecular flexibility index (Phi) is 6.56. The Balaban J connectivity index is 3.03. The van der Waals surface area contributed by atoms with E-state index in [9.17, 15) is 0 Å². The summed E-state index contributed by atoms with van der Waals surface area (Å²) in [6.45, 7) is 4.89. The first-order valence-electron chi connectivity index (χ1n) is 2.66. The van der Waals surface area contributed by atoms with Gasteiger partial charge in [0.05, 0.1) is 5.55 Å². The van der Waals surface area contributed by atoms with Crippen molar-refractivity contribution in [2.24, 2.45) is 4.99 Å². The van der Waals surface area contributed by atoms with E-state index in [1.54, 1.807) is 11.8 Å². The summed E-state index contributed by atoms with van der Waals surface area (Å²) in [6, 6.07) is 0. The second kappa shape index (κ2) is 6.76. The van der Waals surface area contributed by atoms with Crippen LogP contribution in [0.15, 0.2) is 16.5 Å². The number of thioether (sulfide) groups is 1. The van der Waals surface area contributed by atoms with Crippen LogP contribution in [0.2, 0.25) is 0 Å². The number of rotatable bonds is 3. The molecule has 2 heteroatoms. The lowest BCUT2D eigenvalue weighted by molar-refractivity contribution is 1.15. The summed E-state index contributed by atoms with van der Waals surface area (Å²) in [5, 5.41) is 2.00. The van der Waals surface area contributed by atoms with E-state index in [2.05, 4.69) is 4.99 Å². The average Bonchev–Trinajstić information content (AvgIpc) is 1.81. The van der Waals surface area contributed by atoms with Gasteiger partial charge < -0.3 is 0 Å². The molecule has 0 atom stereocenters. The molecule has 0 aliphatic carbocycles. The fraction of sp³-hybridized carbons (Fsp3) is 0.500. The largest absolute Gasteiger partial charge is 0.286 e. The van der Waals surface area contributed by atoms with Gasteiger partial charge in [0.15, 0.2) is 0 Å². The summed E-state index contributed by atoms with van der Waals surface area (Å²) in [6.07, 6.45) is 1.99. The summed E-state index contributed by atoms with van der Waals surface area (Å²) in [5.74, 6) is 0. The van der Waals surface area contributed by atoms with Crippen LogP contribution in [0, 0.1) is 0 Å². The van der Waals surface area contributed by atoms with Crippen LogP contribution in [0.1, 0.15) is 13.8 Å². The van der Waals surface area contributed by atoms with Crippen LogP contribution >= 0.6 is 11.8 Å². The van der Waals surface area contributed by atoms with Gasteiger partial charge in [0.25, 0.3) is 0 Å². The maximum atomic E-state index is 4.00. The van der Waals surface area contributed by atoms with Crippen molar-refractivity contribution in [2.45, 2.75) is 13.8 Å². The first-order chi connectivity index (χ1) is 3.91. The molecule has 0 rings (SSSR count). The van der Waals surface area contributed by atoms with Gasteiger partial charge in [0.2, 0.25) is 0 Å². The minimum absolute atomic E-state index is 0.880. The lowest BCUT2D eigenvalue weighted by Crippen LogP contribution is -1.64. The lowest BCUT2D eigenvalue weighted by Gasteiger charge is -1.77. The second-order valence-corrected chi connectivity index (χ2v) is 1.96. The van der Waals surface area contributed by atoms with E-state index in [-0.39, 0.29) is 0 Å². The number of hydrogen-bond acceptors (Lipinski definition) is 2. The van der Waals surface area contributed by atoms with E-state index in [0.717, 1.165) is 6.54 Å². The van der Waals surface area contributed by atoms with E-state index in [1.165, 1.54) is 0 Å². The average molecular weight is 129 g/mol. The highest BCUT2D eigenvalue weighted by atomic mass is 32.2. The van der Waals surface area contributed by atoms with Gasteiger partial charge in [-0.1, -0.05) is 17.8 Å².